The topological polar surface area (TPSA) is 26.3 Å². The fourth-order valence-electron chi connectivity index (χ4n) is 1.07. The zero-order valence-electron chi connectivity index (χ0n) is 8.08. The van der Waals surface area contributed by atoms with Gasteiger partial charge in [0.05, 0.1) is 11.6 Å². The van der Waals surface area contributed by atoms with Gasteiger partial charge in [0.2, 0.25) is 0 Å². The van der Waals surface area contributed by atoms with Crippen LogP contribution in [0.15, 0.2) is 28.7 Å². The fourth-order valence-corrected chi connectivity index (χ4v) is 1.30. The van der Waals surface area contributed by atoms with Crippen LogP contribution in [0, 0.1) is 0 Å². The van der Waals surface area contributed by atoms with Crippen LogP contribution in [0.1, 0.15) is 12.5 Å². The van der Waals surface area contributed by atoms with E-state index in [0.29, 0.717) is 4.48 Å². The lowest BCUT2D eigenvalue weighted by molar-refractivity contribution is -0.104. The Labute approximate surface area is 91.7 Å². The molecule has 1 aromatic rings. The summed E-state index contributed by atoms with van der Waals surface area (Å²) in [5.41, 5.74) is 1.92. The SMILES string of the molecule is COc1ccc(/C(C)=C(\Br)C=O)cc1. The molecule has 0 atom stereocenters. The van der Waals surface area contributed by atoms with Gasteiger partial charge >= 0.3 is 0 Å². The number of aldehydes is 1. The second-order valence-electron chi connectivity index (χ2n) is 2.82. The lowest BCUT2D eigenvalue weighted by atomic mass is 10.1. The molecule has 0 aliphatic carbocycles. The van der Waals surface area contributed by atoms with Crippen molar-refractivity contribution in [3.63, 3.8) is 0 Å². The number of hydrogen-bond acceptors (Lipinski definition) is 2. The molecule has 0 heterocycles. The highest BCUT2D eigenvalue weighted by Crippen LogP contribution is 2.22. The quantitative estimate of drug-likeness (QED) is 0.613. The van der Waals surface area contributed by atoms with Crippen LogP contribution in [0.3, 0.4) is 0 Å². The van der Waals surface area contributed by atoms with Crippen molar-refractivity contribution in [2.24, 2.45) is 0 Å². The summed E-state index contributed by atoms with van der Waals surface area (Å²) in [5.74, 6) is 0.809. The van der Waals surface area contributed by atoms with Gasteiger partial charge in [-0.2, -0.15) is 0 Å². The molecular weight excluding hydrogens is 244 g/mol. The Balaban J connectivity index is 3.03. The van der Waals surface area contributed by atoms with Crippen molar-refractivity contribution >= 4 is 27.8 Å². The molecule has 2 nitrogen and oxygen atoms in total. The van der Waals surface area contributed by atoms with Gasteiger partial charge in [-0.3, -0.25) is 4.79 Å². The maximum Gasteiger partial charge on any atom is 0.157 e. The highest BCUT2D eigenvalue weighted by Gasteiger charge is 2.01. The van der Waals surface area contributed by atoms with E-state index in [1.165, 1.54) is 0 Å². The van der Waals surface area contributed by atoms with Gasteiger partial charge < -0.3 is 4.74 Å². The summed E-state index contributed by atoms with van der Waals surface area (Å²) in [6, 6.07) is 7.56. The second kappa shape index (κ2) is 4.96. The van der Waals surface area contributed by atoms with Gasteiger partial charge in [0.25, 0.3) is 0 Å². The van der Waals surface area contributed by atoms with Crippen LogP contribution in [0.25, 0.3) is 5.57 Å². The molecule has 0 fully saturated rings. The summed E-state index contributed by atoms with van der Waals surface area (Å²) < 4.78 is 5.61. The zero-order chi connectivity index (χ0) is 10.6. The van der Waals surface area contributed by atoms with E-state index >= 15 is 0 Å². The van der Waals surface area contributed by atoms with E-state index in [1.807, 2.05) is 31.2 Å². The van der Waals surface area contributed by atoms with Gasteiger partial charge in [-0.15, -0.1) is 0 Å². The summed E-state index contributed by atoms with van der Waals surface area (Å²) in [5, 5.41) is 0. The zero-order valence-corrected chi connectivity index (χ0v) is 9.67. The Kier molecular flexibility index (Phi) is 3.89. The fraction of sp³-hybridized carbons (Fsp3) is 0.182. The third-order valence-electron chi connectivity index (χ3n) is 1.98. The van der Waals surface area contributed by atoms with Crippen LogP contribution in [0.4, 0.5) is 0 Å². The molecule has 0 bridgehead atoms. The molecule has 74 valence electrons. The largest absolute Gasteiger partial charge is 0.497 e. The minimum atomic E-state index is 0.572. The van der Waals surface area contributed by atoms with E-state index < -0.39 is 0 Å². The molecule has 0 aliphatic rings. The van der Waals surface area contributed by atoms with Gasteiger partial charge in [-0.05, 0) is 46.1 Å². The first-order chi connectivity index (χ1) is 6.69. The number of hydrogen-bond donors (Lipinski definition) is 0. The van der Waals surface area contributed by atoms with Crippen molar-refractivity contribution in [3.05, 3.63) is 34.3 Å². The average molecular weight is 255 g/mol. The number of carbonyl (C=O) groups is 1. The Bertz CT molecular complexity index is 352. The molecule has 0 amide bonds. The van der Waals surface area contributed by atoms with Crippen LogP contribution in [0.5, 0.6) is 5.75 Å². The maximum atomic E-state index is 10.5. The summed E-state index contributed by atoms with van der Waals surface area (Å²) in [4.78, 5) is 10.5. The predicted octanol–water partition coefficient (Wildman–Crippen LogP) is 3.02. The molecule has 0 aliphatic heterocycles. The summed E-state index contributed by atoms with van der Waals surface area (Å²) >= 11 is 3.19. The summed E-state index contributed by atoms with van der Waals surface area (Å²) in [6.45, 7) is 1.89. The minimum absolute atomic E-state index is 0.572. The monoisotopic (exact) mass is 254 g/mol. The van der Waals surface area contributed by atoms with Crippen LogP contribution in [-0.2, 0) is 4.79 Å². The Hall–Kier alpha value is -1.09. The van der Waals surface area contributed by atoms with Gasteiger partial charge in [0, 0.05) is 0 Å². The number of halogens is 1. The third kappa shape index (κ3) is 2.45. The summed E-state index contributed by atoms with van der Waals surface area (Å²) in [7, 11) is 1.62. The van der Waals surface area contributed by atoms with Crippen molar-refractivity contribution in [1.29, 1.82) is 0 Å². The van der Waals surface area contributed by atoms with Gasteiger partial charge in [0.15, 0.2) is 6.29 Å². The smallest absolute Gasteiger partial charge is 0.157 e. The molecule has 0 spiro atoms. The maximum absolute atomic E-state index is 10.5. The van der Waals surface area contributed by atoms with Gasteiger partial charge in [-0.1, -0.05) is 12.1 Å². The number of carbonyl (C=O) groups excluding carboxylic acids is 1. The Morgan fingerprint density at radius 3 is 2.36 bits per heavy atom. The minimum Gasteiger partial charge on any atom is -0.497 e. The molecule has 0 N–H and O–H groups in total. The lowest BCUT2D eigenvalue weighted by Crippen LogP contribution is -1.86. The number of methoxy groups -OCH3 is 1. The Morgan fingerprint density at radius 1 is 1.36 bits per heavy atom. The molecule has 0 unspecified atom stereocenters. The first kappa shape index (κ1) is 11.0. The van der Waals surface area contributed by atoms with Crippen LogP contribution in [0.2, 0.25) is 0 Å². The standard InChI is InChI=1S/C11H11BrO2/c1-8(11(12)7-13)9-3-5-10(14-2)6-4-9/h3-7H,1-2H3/b11-8-. The van der Waals surface area contributed by atoms with E-state index in [4.69, 9.17) is 4.74 Å². The van der Waals surface area contributed by atoms with Gasteiger partial charge in [-0.25, -0.2) is 0 Å². The van der Waals surface area contributed by atoms with Crippen LogP contribution >= 0.6 is 15.9 Å². The summed E-state index contributed by atoms with van der Waals surface area (Å²) in [6.07, 6.45) is 0.791. The van der Waals surface area contributed by atoms with E-state index in [-0.39, 0.29) is 0 Å². The van der Waals surface area contributed by atoms with Gasteiger partial charge in [0.1, 0.15) is 5.75 Å². The van der Waals surface area contributed by atoms with Crippen molar-refractivity contribution in [1.82, 2.24) is 0 Å². The number of rotatable bonds is 3. The van der Waals surface area contributed by atoms with E-state index in [2.05, 4.69) is 15.9 Å². The molecule has 1 rings (SSSR count). The highest BCUT2D eigenvalue weighted by atomic mass is 79.9. The number of allylic oxidation sites excluding steroid dienone is 2. The number of benzene rings is 1. The first-order valence-corrected chi connectivity index (χ1v) is 4.94. The molecule has 0 saturated heterocycles. The molecule has 0 aromatic heterocycles. The molecule has 14 heavy (non-hydrogen) atoms. The normalized spacial score (nSPS) is 11.9. The molecular formula is C11H11BrO2. The van der Waals surface area contributed by atoms with E-state index in [1.54, 1.807) is 7.11 Å². The second-order valence-corrected chi connectivity index (χ2v) is 3.67. The highest BCUT2D eigenvalue weighted by molar-refractivity contribution is 9.12. The third-order valence-corrected chi connectivity index (χ3v) is 2.77. The van der Waals surface area contributed by atoms with Crippen molar-refractivity contribution in [2.45, 2.75) is 6.92 Å². The lowest BCUT2D eigenvalue weighted by Gasteiger charge is -2.04. The number of ether oxygens (including phenoxy) is 1. The van der Waals surface area contributed by atoms with E-state index in [0.717, 1.165) is 23.2 Å². The van der Waals surface area contributed by atoms with Crippen molar-refractivity contribution < 1.29 is 9.53 Å². The molecule has 1 aromatic carbocycles. The van der Waals surface area contributed by atoms with Crippen molar-refractivity contribution in [3.8, 4) is 5.75 Å². The first-order valence-electron chi connectivity index (χ1n) is 4.15. The predicted molar refractivity (Wildman–Crippen MR) is 60.6 cm³/mol. The van der Waals surface area contributed by atoms with Crippen molar-refractivity contribution in [2.75, 3.05) is 7.11 Å². The van der Waals surface area contributed by atoms with Crippen LogP contribution < -0.4 is 4.74 Å². The van der Waals surface area contributed by atoms with Crippen LogP contribution in [-0.4, -0.2) is 13.4 Å². The molecule has 3 heteroatoms. The molecule has 0 radical (unpaired) electrons. The van der Waals surface area contributed by atoms with E-state index in [9.17, 15) is 4.79 Å². The average Bonchev–Trinajstić information content (AvgIpc) is 2.27. The molecule has 0 saturated carbocycles. The Morgan fingerprint density at radius 2 is 1.93 bits per heavy atom.